The number of ether oxygens (including phenoxy) is 2. The topological polar surface area (TPSA) is 18.5 Å². The van der Waals surface area contributed by atoms with Gasteiger partial charge in [0.15, 0.2) is 0 Å². The summed E-state index contributed by atoms with van der Waals surface area (Å²) in [6.07, 6.45) is 0.220. The normalized spacial score (nSPS) is 24.3. The fourth-order valence-electron chi connectivity index (χ4n) is 1.79. The van der Waals surface area contributed by atoms with Gasteiger partial charge in [-0.15, -0.1) is 0 Å². The maximum atomic E-state index is 5.88. The second-order valence-corrected chi connectivity index (χ2v) is 4.79. The van der Waals surface area contributed by atoms with Gasteiger partial charge in [0.2, 0.25) is 0 Å². The lowest BCUT2D eigenvalue weighted by atomic mass is 9.90. The first-order chi connectivity index (χ1) is 7.18. The first-order valence-corrected chi connectivity index (χ1v) is 5.42. The summed E-state index contributed by atoms with van der Waals surface area (Å²) in [6, 6.07) is 10.3. The van der Waals surface area contributed by atoms with Gasteiger partial charge in [0.1, 0.15) is 0 Å². The Hall–Kier alpha value is -0.860. The van der Waals surface area contributed by atoms with Crippen LogP contribution in [0.4, 0.5) is 0 Å². The number of rotatable bonds is 3. The second-order valence-electron chi connectivity index (χ2n) is 4.79. The summed E-state index contributed by atoms with van der Waals surface area (Å²) in [5.41, 5.74) is 1.37. The molecule has 82 valence electrons. The predicted molar refractivity (Wildman–Crippen MR) is 59.6 cm³/mol. The quantitative estimate of drug-likeness (QED) is 0.757. The van der Waals surface area contributed by atoms with E-state index < -0.39 is 0 Å². The Morgan fingerprint density at radius 1 is 1.33 bits per heavy atom. The molecule has 1 aliphatic rings. The molecule has 0 spiro atoms. The van der Waals surface area contributed by atoms with Crippen LogP contribution in [-0.2, 0) is 16.1 Å². The highest BCUT2D eigenvalue weighted by Gasteiger charge is 2.36. The molecule has 0 bridgehead atoms. The van der Waals surface area contributed by atoms with E-state index in [1.54, 1.807) is 0 Å². The summed E-state index contributed by atoms with van der Waals surface area (Å²) in [7, 11) is 0. The third kappa shape index (κ3) is 2.58. The molecule has 2 nitrogen and oxygen atoms in total. The van der Waals surface area contributed by atoms with Crippen molar-refractivity contribution in [3.8, 4) is 0 Å². The number of hydrogen-bond donors (Lipinski definition) is 0. The van der Waals surface area contributed by atoms with Crippen LogP contribution in [0.3, 0.4) is 0 Å². The van der Waals surface area contributed by atoms with Crippen molar-refractivity contribution in [1.29, 1.82) is 0 Å². The van der Waals surface area contributed by atoms with Crippen molar-refractivity contribution in [3.63, 3.8) is 0 Å². The van der Waals surface area contributed by atoms with E-state index in [0.29, 0.717) is 6.61 Å². The molecule has 0 unspecified atom stereocenters. The Morgan fingerprint density at radius 2 is 2.07 bits per heavy atom. The standard InChI is InChI=1S/C13H18O2/c1-13(2)10-14-9-12(13)15-8-11-6-4-3-5-7-11/h3-7,12H,8-10H2,1-2H3/t12-/m0/s1. The maximum Gasteiger partial charge on any atom is 0.0885 e. The third-order valence-corrected chi connectivity index (χ3v) is 2.91. The first kappa shape index (κ1) is 10.7. The highest BCUT2D eigenvalue weighted by atomic mass is 16.5. The lowest BCUT2D eigenvalue weighted by molar-refractivity contribution is -0.00861. The van der Waals surface area contributed by atoms with Crippen molar-refractivity contribution in [3.05, 3.63) is 35.9 Å². The van der Waals surface area contributed by atoms with Crippen LogP contribution >= 0.6 is 0 Å². The summed E-state index contributed by atoms with van der Waals surface area (Å²) in [5.74, 6) is 0. The van der Waals surface area contributed by atoms with Gasteiger partial charge >= 0.3 is 0 Å². The number of benzene rings is 1. The minimum absolute atomic E-state index is 0.148. The molecular formula is C13H18O2. The minimum Gasteiger partial charge on any atom is -0.378 e. The fraction of sp³-hybridized carbons (Fsp3) is 0.538. The van der Waals surface area contributed by atoms with E-state index >= 15 is 0 Å². The Balaban J connectivity index is 1.89. The molecule has 1 atom stereocenters. The molecule has 1 fully saturated rings. The molecule has 1 saturated heterocycles. The first-order valence-electron chi connectivity index (χ1n) is 5.42. The van der Waals surface area contributed by atoms with Gasteiger partial charge in [-0.3, -0.25) is 0 Å². The van der Waals surface area contributed by atoms with E-state index in [2.05, 4.69) is 26.0 Å². The van der Waals surface area contributed by atoms with Crippen LogP contribution in [-0.4, -0.2) is 19.3 Å². The molecule has 0 saturated carbocycles. The summed E-state index contributed by atoms with van der Waals surface area (Å²) >= 11 is 0. The summed E-state index contributed by atoms with van der Waals surface area (Å²) in [5, 5.41) is 0. The summed E-state index contributed by atoms with van der Waals surface area (Å²) in [6.45, 7) is 6.58. The molecular weight excluding hydrogens is 188 g/mol. The molecule has 0 amide bonds. The molecule has 1 aromatic carbocycles. The molecule has 0 aliphatic carbocycles. The van der Waals surface area contributed by atoms with Crippen LogP contribution in [0.2, 0.25) is 0 Å². The summed E-state index contributed by atoms with van der Waals surface area (Å²) < 4.78 is 11.3. The molecule has 0 N–H and O–H groups in total. The van der Waals surface area contributed by atoms with Gasteiger partial charge in [0.25, 0.3) is 0 Å². The predicted octanol–water partition coefficient (Wildman–Crippen LogP) is 2.63. The van der Waals surface area contributed by atoms with Crippen molar-refractivity contribution in [2.75, 3.05) is 13.2 Å². The monoisotopic (exact) mass is 206 g/mol. The van der Waals surface area contributed by atoms with Gasteiger partial charge in [-0.2, -0.15) is 0 Å². The van der Waals surface area contributed by atoms with Crippen molar-refractivity contribution < 1.29 is 9.47 Å². The van der Waals surface area contributed by atoms with E-state index in [-0.39, 0.29) is 11.5 Å². The lowest BCUT2D eigenvalue weighted by Crippen LogP contribution is -2.29. The highest BCUT2D eigenvalue weighted by Crippen LogP contribution is 2.30. The largest absolute Gasteiger partial charge is 0.378 e. The van der Waals surface area contributed by atoms with Crippen molar-refractivity contribution in [2.24, 2.45) is 5.41 Å². The highest BCUT2D eigenvalue weighted by molar-refractivity contribution is 5.13. The van der Waals surface area contributed by atoms with Crippen LogP contribution in [0.25, 0.3) is 0 Å². The molecule has 2 rings (SSSR count). The molecule has 1 aromatic rings. The maximum absolute atomic E-state index is 5.88. The zero-order valence-electron chi connectivity index (χ0n) is 9.40. The molecule has 1 heterocycles. The average Bonchev–Trinajstić information content (AvgIpc) is 2.56. The van der Waals surface area contributed by atoms with Crippen LogP contribution in [0.1, 0.15) is 19.4 Å². The Bertz CT molecular complexity index is 306. The smallest absolute Gasteiger partial charge is 0.0885 e. The molecule has 2 heteroatoms. The van der Waals surface area contributed by atoms with Gasteiger partial charge in [-0.05, 0) is 5.56 Å². The van der Waals surface area contributed by atoms with Crippen molar-refractivity contribution in [2.45, 2.75) is 26.6 Å². The zero-order chi connectivity index (χ0) is 10.7. The van der Waals surface area contributed by atoms with Gasteiger partial charge in [0.05, 0.1) is 25.9 Å². The van der Waals surface area contributed by atoms with E-state index in [1.807, 2.05) is 18.2 Å². The zero-order valence-corrected chi connectivity index (χ0v) is 9.40. The number of hydrogen-bond acceptors (Lipinski definition) is 2. The fourth-order valence-corrected chi connectivity index (χ4v) is 1.79. The van der Waals surface area contributed by atoms with Crippen LogP contribution < -0.4 is 0 Å². The lowest BCUT2D eigenvalue weighted by Gasteiger charge is -2.24. The van der Waals surface area contributed by atoms with Crippen LogP contribution in [0, 0.1) is 5.41 Å². The molecule has 15 heavy (non-hydrogen) atoms. The molecule has 0 aromatic heterocycles. The van der Waals surface area contributed by atoms with Gasteiger partial charge < -0.3 is 9.47 Å². The minimum atomic E-state index is 0.148. The van der Waals surface area contributed by atoms with E-state index in [0.717, 1.165) is 13.2 Å². The Labute approximate surface area is 91.2 Å². The van der Waals surface area contributed by atoms with Gasteiger partial charge in [-0.25, -0.2) is 0 Å². The van der Waals surface area contributed by atoms with Gasteiger partial charge in [-0.1, -0.05) is 44.2 Å². The Kier molecular flexibility index (Phi) is 3.08. The van der Waals surface area contributed by atoms with Crippen molar-refractivity contribution >= 4 is 0 Å². The third-order valence-electron chi connectivity index (χ3n) is 2.91. The summed E-state index contributed by atoms with van der Waals surface area (Å²) in [4.78, 5) is 0. The molecule has 1 aliphatic heterocycles. The average molecular weight is 206 g/mol. The van der Waals surface area contributed by atoms with Crippen molar-refractivity contribution in [1.82, 2.24) is 0 Å². The SMILES string of the molecule is CC1(C)COC[C@@H]1OCc1ccccc1. The van der Waals surface area contributed by atoms with Crippen LogP contribution in [0.5, 0.6) is 0 Å². The van der Waals surface area contributed by atoms with E-state index in [4.69, 9.17) is 9.47 Å². The van der Waals surface area contributed by atoms with E-state index in [9.17, 15) is 0 Å². The second kappa shape index (κ2) is 4.33. The Morgan fingerprint density at radius 3 is 2.67 bits per heavy atom. The molecule has 0 radical (unpaired) electrons. The van der Waals surface area contributed by atoms with Crippen LogP contribution in [0.15, 0.2) is 30.3 Å². The van der Waals surface area contributed by atoms with Gasteiger partial charge in [0, 0.05) is 5.41 Å². The van der Waals surface area contributed by atoms with E-state index in [1.165, 1.54) is 5.56 Å².